The van der Waals surface area contributed by atoms with E-state index in [2.05, 4.69) is 15.1 Å². The summed E-state index contributed by atoms with van der Waals surface area (Å²) in [7, 11) is -3.09. The molecule has 3 aromatic heterocycles. The SMILES string of the molecule is CS(=O)(=O)CCCn1c(CN2C(=O)/C(=N/OCc3ccccn3)c3ccncc32)nc2ccccc21. The predicted octanol–water partition coefficient (Wildman–Crippen LogP) is 2.73. The van der Waals surface area contributed by atoms with Crippen molar-refractivity contribution in [2.75, 3.05) is 16.9 Å². The normalized spacial score (nSPS) is 14.5. The van der Waals surface area contributed by atoms with Gasteiger partial charge in [-0.1, -0.05) is 23.4 Å². The van der Waals surface area contributed by atoms with Crippen molar-refractivity contribution in [2.24, 2.45) is 5.16 Å². The number of nitrogens with zero attached hydrogens (tertiary/aromatic N) is 6. The van der Waals surface area contributed by atoms with E-state index >= 15 is 0 Å². The van der Waals surface area contributed by atoms with Crippen LogP contribution in [0.1, 0.15) is 23.5 Å². The summed E-state index contributed by atoms with van der Waals surface area (Å²) in [6.07, 6.45) is 6.54. The molecule has 0 aliphatic carbocycles. The Morgan fingerprint density at radius 3 is 2.69 bits per heavy atom. The predicted molar refractivity (Wildman–Crippen MR) is 135 cm³/mol. The van der Waals surface area contributed by atoms with Gasteiger partial charge in [0, 0.05) is 30.8 Å². The van der Waals surface area contributed by atoms with Crippen molar-refractivity contribution in [3.63, 3.8) is 0 Å². The molecule has 0 spiro atoms. The van der Waals surface area contributed by atoms with Gasteiger partial charge in [-0.15, -0.1) is 0 Å². The summed E-state index contributed by atoms with van der Waals surface area (Å²) in [4.78, 5) is 33.6. The Morgan fingerprint density at radius 1 is 1.06 bits per heavy atom. The molecule has 10 nitrogen and oxygen atoms in total. The van der Waals surface area contributed by atoms with Gasteiger partial charge >= 0.3 is 0 Å². The van der Waals surface area contributed by atoms with Crippen LogP contribution in [0.2, 0.25) is 0 Å². The lowest BCUT2D eigenvalue weighted by atomic mass is 10.2. The Balaban J connectivity index is 1.43. The van der Waals surface area contributed by atoms with Gasteiger partial charge in [-0.3, -0.25) is 19.7 Å². The number of imidazole rings is 1. The molecule has 11 heteroatoms. The number of sulfone groups is 1. The molecular weight excluding hydrogens is 480 g/mol. The summed E-state index contributed by atoms with van der Waals surface area (Å²) < 4.78 is 25.3. The van der Waals surface area contributed by atoms with Crippen LogP contribution >= 0.6 is 0 Å². The molecule has 4 heterocycles. The van der Waals surface area contributed by atoms with Gasteiger partial charge in [-0.2, -0.15) is 0 Å². The number of benzene rings is 1. The second kappa shape index (κ2) is 9.86. The first-order chi connectivity index (χ1) is 17.4. The second-order valence-corrected chi connectivity index (χ2v) is 10.7. The molecule has 1 aliphatic rings. The van der Waals surface area contributed by atoms with Crippen LogP contribution in [0.5, 0.6) is 0 Å². The number of para-hydroxylation sites is 2. The molecule has 184 valence electrons. The van der Waals surface area contributed by atoms with Crippen molar-refractivity contribution in [1.29, 1.82) is 0 Å². The molecular formula is C25H24N6O4S. The van der Waals surface area contributed by atoms with E-state index in [0.29, 0.717) is 35.7 Å². The van der Waals surface area contributed by atoms with E-state index in [1.165, 1.54) is 6.26 Å². The molecule has 36 heavy (non-hydrogen) atoms. The molecule has 0 atom stereocenters. The highest BCUT2D eigenvalue weighted by Crippen LogP contribution is 2.30. The molecule has 0 saturated heterocycles. The molecule has 0 fully saturated rings. The highest BCUT2D eigenvalue weighted by Gasteiger charge is 2.36. The van der Waals surface area contributed by atoms with Gasteiger partial charge in [0.1, 0.15) is 15.7 Å². The van der Waals surface area contributed by atoms with Crippen LogP contribution in [0.4, 0.5) is 5.69 Å². The van der Waals surface area contributed by atoms with Crippen molar-refractivity contribution < 1.29 is 18.0 Å². The van der Waals surface area contributed by atoms with E-state index in [1.807, 2.05) is 47.0 Å². The number of aromatic nitrogens is 4. The molecule has 0 unspecified atom stereocenters. The molecule has 4 aromatic rings. The van der Waals surface area contributed by atoms with Crippen molar-refractivity contribution in [3.8, 4) is 0 Å². The Kier molecular flexibility index (Phi) is 6.47. The number of carbonyl (C=O) groups excluding carboxylic acids is 1. The summed E-state index contributed by atoms with van der Waals surface area (Å²) in [5.74, 6) is 0.385. The topological polar surface area (TPSA) is 120 Å². The van der Waals surface area contributed by atoms with Crippen LogP contribution < -0.4 is 4.90 Å². The third-order valence-electron chi connectivity index (χ3n) is 5.82. The summed E-state index contributed by atoms with van der Waals surface area (Å²) in [6.45, 7) is 0.761. The summed E-state index contributed by atoms with van der Waals surface area (Å²) in [5, 5.41) is 4.14. The molecule has 1 aromatic carbocycles. The van der Waals surface area contributed by atoms with Crippen molar-refractivity contribution in [2.45, 2.75) is 26.1 Å². The van der Waals surface area contributed by atoms with Gasteiger partial charge in [0.2, 0.25) is 0 Å². The standard InChI is InChI=1S/C25H24N6O4S/c1-36(33,34)14-6-13-30-21-9-3-2-8-20(21)28-23(30)16-31-22-15-26-12-10-19(22)24(25(31)32)29-35-17-18-7-4-5-11-27-18/h2-5,7-12,15H,6,13-14,16-17H2,1H3/b29-24+. The number of pyridine rings is 2. The minimum atomic E-state index is -3.09. The third kappa shape index (κ3) is 4.96. The quantitative estimate of drug-likeness (QED) is 0.322. The van der Waals surface area contributed by atoms with Crippen LogP contribution in [-0.4, -0.2) is 51.6 Å². The van der Waals surface area contributed by atoms with Gasteiger partial charge in [0.05, 0.1) is 40.9 Å². The summed E-state index contributed by atoms with van der Waals surface area (Å²) >= 11 is 0. The van der Waals surface area contributed by atoms with E-state index in [9.17, 15) is 13.2 Å². The highest BCUT2D eigenvalue weighted by atomic mass is 32.2. The van der Waals surface area contributed by atoms with E-state index in [4.69, 9.17) is 9.82 Å². The Morgan fingerprint density at radius 2 is 1.89 bits per heavy atom. The van der Waals surface area contributed by atoms with Crippen LogP contribution in [0.3, 0.4) is 0 Å². The Labute approximate surface area is 208 Å². The third-order valence-corrected chi connectivity index (χ3v) is 6.85. The van der Waals surface area contributed by atoms with Gasteiger partial charge in [0.25, 0.3) is 5.91 Å². The lowest BCUT2D eigenvalue weighted by Crippen LogP contribution is -2.31. The fourth-order valence-electron chi connectivity index (χ4n) is 4.17. The number of fused-ring (bicyclic) bond motifs is 2. The zero-order valence-electron chi connectivity index (χ0n) is 19.6. The van der Waals surface area contributed by atoms with Crippen molar-refractivity contribution >= 4 is 38.2 Å². The molecule has 0 N–H and O–H groups in total. The summed E-state index contributed by atoms with van der Waals surface area (Å²) in [5.41, 5.74) is 3.77. The molecule has 0 bridgehead atoms. The van der Waals surface area contributed by atoms with Crippen molar-refractivity contribution in [3.05, 3.63) is 84.2 Å². The first-order valence-corrected chi connectivity index (χ1v) is 13.4. The first kappa shape index (κ1) is 23.6. The van der Waals surface area contributed by atoms with Crippen LogP contribution in [0.25, 0.3) is 11.0 Å². The lowest BCUT2D eigenvalue weighted by Gasteiger charge is -2.17. The average Bonchev–Trinajstić information content (AvgIpc) is 3.34. The van der Waals surface area contributed by atoms with Crippen LogP contribution in [-0.2, 0) is 39.2 Å². The molecule has 1 amide bonds. The van der Waals surface area contributed by atoms with Gasteiger partial charge in [0.15, 0.2) is 12.3 Å². The Bertz CT molecular complexity index is 1550. The number of amides is 1. The maximum atomic E-state index is 13.4. The van der Waals surface area contributed by atoms with Gasteiger partial charge in [-0.05, 0) is 36.8 Å². The van der Waals surface area contributed by atoms with E-state index in [-0.39, 0.29) is 30.5 Å². The van der Waals surface area contributed by atoms with Gasteiger partial charge in [-0.25, -0.2) is 13.4 Å². The average molecular weight is 505 g/mol. The fraction of sp³-hybridized carbons (Fsp3) is 0.240. The zero-order valence-corrected chi connectivity index (χ0v) is 20.4. The molecule has 1 aliphatic heterocycles. The largest absolute Gasteiger partial charge is 0.389 e. The van der Waals surface area contributed by atoms with Gasteiger partial charge < -0.3 is 9.40 Å². The minimum absolute atomic E-state index is 0.0682. The van der Waals surface area contributed by atoms with E-state index in [0.717, 1.165) is 11.0 Å². The monoisotopic (exact) mass is 504 g/mol. The molecule has 5 rings (SSSR count). The van der Waals surface area contributed by atoms with Crippen LogP contribution in [0, 0.1) is 0 Å². The number of anilines is 1. The molecule has 0 radical (unpaired) electrons. The highest BCUT2D eigenvalue weighted by molar-refractivity contribution is 7.90. The second-order valence-electron chi connectivity index (χ2n) is 8.47. The maximum absolute atomic E-state index is 13.4. The number of hydrogen-bond donors (Lipinski definition) is 0. The smallest absolute Gasteiger partial charge is 0.281 e. The van der Waals surface area contributed by atoms with Crippen LogP contribution in [0.15, 0.2) is 72.3 Å². The lowest BCUT2D eigenvalue weighted by molar-refractivity contribution is -0.112. The molecule has 0 saturated carbocycles. The maximum Gasteiger partial charge on any atom is 0.281 e. The van der Waals surface area contributed by atoms with E-state index in [1.54, 1.807) is 29.6 Å². The van der Waals surface area contributed by atoms with E-state index < -0.39 is 9.84 Å². The minimum Gasteiger partial charge on any atom is -0.389 e. The number of hydrogen-bond acceptors (Lipinski definition) is 8. The number of aryl methyl sites for hydroxylation is 1. The summed E-state index contributed by atoms with van der Waals surface area (Å²) in [6, 6.07) is 14.8. The van der Waals surface area contributed by atoms with Crippen molar-refractivity contribution in [1.82, 2.24) is 19.5 Å². The zero-order chi connectivity index (χ0) is 25.1. The number of rotatable bonds is 9. The fourth-order valence-corrected chi connectivity index (χ4v) is 4.82. The first-order valence-electron chi connectivity index (χ1n) is 11.4. The number of carbonyl (C=O) groups is 1. The number of oxime groups is 1. The Hall–Kier alpha value is -4.12.